The fourth-order valence-corrected chi connectivity index (χ4v) is 4.53. The van der Waals surface area contributed by atoms with Crippen LogP contribution in [-0.2, 0) is 4.79 Å². The van der Waals surface area contributed by atoms with Crippen LogP contribution in [0.15, 0.2) is 84.0 Å². The predicted molar refractivity (Wildman–Crippen MR) is 123 cm³/mol. The van der Waals surface area contributed by atoms with Crippen LogP contribution in [0.2, 0.25) is 0 Å². The molecule has 1 unspecified atom stereocenters. The number of thioether (sulfide) groups is 1. The molecule has 3 aromatic carbocycles. The Morgan fingerprint density at radius 2 is 1.55 bits per heavy atom. The number of nitrogens with one attached hydrogen (secondary N) is 1. The first-order valence-electron chi connectivity index (χ1n) is 10.6. The summed E-state index contributed by atoms with van der Waals surface area (Å²) in [6.07, 6.45) is 1.97. The number of rotatable bonds is 7. The van der Waals surface area contributed by atoms with Gasteiger partial charge in [-0.05, 0) is 66.9 Å². The third kappa shape index (κ3) is 4.80. The molecule has 1 aliphatic rings. The monoisotopic (exact) mass is 462 g/mol. The topological polar surface area (TPSA) is 59.8 Å². The molecule has 166 valence electrons. The second-order valence-corrected chi connectivity index (χ2v) is 8.89. The van der Waals surface area contributed by atoms with Crippen LogP contribution in [0.4, 0.5) is 8.78 Å². The van der Waals surface area contributed by atoms with Crippen molar-refractivity contribution in [3.05, 3.63) is 96.1 Å². The lowest BCUT2D eigenvalue weighted by molar-refractivity contribution is -0.120. The fraction of sp³-hybridized carbons (Fsp3) is 0.160. The highest BCUT2D eigenvalue weighted by molar-refractivity contribution is 8.00. The molecule has 0 radical (unpaired) electrons. The van der Waals surface area contributed by atoms with Crippen molar-refractivity contribution < 1.29 is 13.6 Å². The molecule has 1 saturated carbocycles. The van der Waals surface area contributed by atoms with Gasteiger partial charge in [0.2, 0.25) is 5.91 Å². The van der Waals surface area contributed by atoms with E-state index in [-0.39, 0.29) is 23.6 Å². The number of halogens is 2. The van der Waals surface area contributed by atoms with Crippen LogP contribution >= 0.6 is 11.8 Å². The number of hydrogen-bond acceptors (Lipinski definition) is 4. The van der Waals surface area contributed by atoms with E-state index in [4.69, 9.17) is 0 Å². The minimum atomic E-state index is -0.545. The maximum atomic E-state index is 13.6. The van der Waals surface area contributed by atoms with Gasteiger partial charge >= 0.3 is 0 Å². The van der Waals surface area contributed by atoms with E-state index in [1.165, 1.54) is 36.0 Å². The maximum Gasteiger partial charge on any atom is 0.238 e. The van der Waals surface area contributed by atoms with E-state index < -0.39 is 5.25 Å². The van der Waals surface area contributed by atoms with Crippen molar-refractivity contribution in [1.82, 2.24) is 20.1 Å². The number of amides is 1. The van der Waals surface area contributed by atoms with Gasteiger partial charge in [0, 0.05) is 17.3 Å². The summed E-state index contributed by atoms with van der Waals surface area (Å²) in [4.78, 5) is 13.1. The van der Waals surface area contributed by atoms with Crippen LogP contribution in [0.25, 0.3) is 17.1 Å². The molecule has 1 fully saturated rings. The summed E-state index contributed by atoms with van der Waals surface area (Å²) in [5.41, 5.74) is 2.13. The first-order valence-corrected chi connectivity index (χ1v) is 11.5. The average molecular weight is 463 g/mol. The smallest absolute Gasteiger partial charge is 0.238 e. The highest BCUT2D eigenvalue weighted by atomic mass is 32.2. The minimum absolute atomic E-state index is 0.0920. The van der Waals surface area contributed by atoms with Gasteiger partial charge in [0.15, 0.2) is 11.0 Å². The molecule has 1 aliphatic carbocycles. The quantitative estimate of drug-likeness (QED) is 0.378. The lowest BCUT2D eigenvalue weighted by Crippen LogP contribution is -2.29. The fourth-order valence-electron chi connectivity index (χ4n) is 3.47. The van der Waals surface area contributed by atoms with Crippen molar-refractivity contribution in [2.24, 2.45) is 0 Å². The molecule has 8 heteroatoms. The van der Waals surface area contributed by atoms with Crippen LogP contribution in [0.5, 0.6) is 0 Å². The van der Waals surface area contributed by atoms with E-state index in [0.29, 0.717) is 22.2 Å². The number of benzene rings is 3. The highest BCUT2D eigenvalue weighted by Crippen LogP contribution is 2.38. The molecular formula is C25H20F2N4OS. The summed E-state index contributed by atoms with van der Waals surface area (Å²) < 4.78 is 28.9. The first kappa shape index (κ1) is 21.3. The molecule has 0 spiro atoms. The highest BCUT2D eigenvalue weighted by Gasteiger charge is 2.31. The molecule has 0 saturated heterocycles. The van der Waals surface area contributed by atoms with E-state index in [1.807, 2.05) is 30.3 Å². The molecule has 1 amide bonds. The summed E-state index contributed by atoms with van der Waals surface area (Å²) in [7, 11) is 0. The SMILES string of the molecule is O=C(NC1CC1)C(Sc1nnc(-c2ccc(F)cc2)n1-c1ccc(F)cc1)c1ccccc1. The standard InChI is InChI=1S/C25H20F2N4OS/c26-18-8-6-17(7-9-18)23-29-30-25(31(23)21-14-10-19(27)11-15-21)33-22(16-4-2-1-3-5-16)24(32)28-20-12-13-20/h1-11,14-15,20,22H,12-13H2,(H,28,32). The third-order valence-electron chi connectivity index (χ3n) is 5.31. The molecule has 1 heterocycles. The van der Waals surface area contributed by atoms with E-state index in [1.54, 1.807) is 28.8 Å². The van der Waals surface area contributed by atoms with Crippen molar-refractivity contribution in [3.8, 4) is 17.1 Å². The normalized spacial score (nSPS) is 14.1. The van der Waals surface area contributed by atoms with E-state index in [9.17, 15) is 13.6 Å². The summed E-state index contributed by atoms with van der Waals surface area (Å²) in [6, 6.07) is 21.6. The molecule has 5 nitrogen and oxygen atoms in total. The van der Waals surface area contributed by atoms with Gasteiger partial charge in [-0.1, -0.05) is 42.1 Å². The number of hydrogen-bond donors (Lipinski definition) is 1. The Labute approximate surface area is 193 Å². The number of carbonyl (C=O) groups is 1. The first-order chi connectivity index (χ1) is 16.1. The molecule has 5 rings (SSSR count). The lowest BCUT2D eigenvalue weighted by atomic mass is 10.1. The summed E-state index contributed by atoms with van der Waals surface area (Å²) in [5.74, 6) is -0.346. The predicted octanol–water partition coefficient (Wildman–Crippen LogP) is 5.32. The zero-order valence-corrected chi connectivity index (χ0v) is 18.3. The van der Waals surface area contributed by atoms with Crippen molar-refractivity contribution in [2.45, 2.75) is 29.3 Å². The Morgan fingerprint density at radius 3 is 2.18 bits per heavy atom. The van der Waals surface area contributed by atoms with Crippen LogP contribution in [0.3, 0.4) is 0 Å². The van der Waals surface area contributed by atoms with Crippen LogP contribution < -0.4 is 5.32 Å². The molecule has 1 N–H and O–H groups in total. The molecule has 4 aromatic rings. The van der Waals surface area contributed by atoms with E-state index in [0.717, 1.165) is 18.4 Å². The zero-order chi connectivity index (χ0) is 22.8. The van der Waals surface area contributed by atoms with Gasteiger partial charge in [0.1, 0.15) is 16.9 Å². The lowest BCUT2D eigenvalue weighted by Gasteiger charge is -2.17. The molecular weight excluding hydrogens is 442 g/mol. The second-order valence-electron chi connectivity index (χ2n) is 7.82. The Bertz CT molecular complexity index is 1260. The molecule has 1 atom stereocenters. The molecule has 0 aliphatic heterocycles. The second kappa shape index (κ2) is 9.15. The van der Waals surface area contributed by atoms with Gasteiger partial charge in [0.05, 0.1) is 0 Å². The zero-order valence-electron chi connectivity index (χ0n) is 17.5. The van der Waals surface area contributed by atoms with Crippen LogP contribution in [0.1, 0.15) is 23.7 Å². The number of nitrogens with zero attached hydrogens (tertiary/aromatic N) is 3. The number of aromatic nitrogens is 3. The van der Waals surface area contributed by atoms with Crippen LogP contribution in [-0.4, -0.2) is 26.7 Å². The van der Waals surface area contributed by atoms with Gasteiger partial charge in [-0.2, -0.15) is 0 Å². The Balaban J connectivity index is 1.57. The van der Waals surface area contributed by atoms with Gasteiger partial charge < -0.3 is 5.32 Å². The summed E-state index contributed by atoms with van der Waals surface area (Å²) in [5, 5.41) is 11.7. The van der Waals surface area contributed by atoms with E-state index >= 15 is 0 Å². The number of carbonyl (C=O) groups excluding carboxylic acids is 1. The Hall–Kier alpha value is -3.52. The Morgan fingerprint density at radius 1 is 0.909 bits per heavy atom. The molecule has 33 heavy (non-hydrogen) atoms. The van der Waals surface area contributed by atoms with Gasteiger partial charge in [0.25, 0.3) is 0 Å². The van der Waals surface area contributed by atoms with E-state index in [2.05, 4.69) is 15.5 Å². The largest absolute Gasteiger partial charge is 0.352 e. The van der Waals surface area contributed by atoms with Crippen molar-refractivity contribution in [2.75, 3.05) is 0 Å². The van der Waals surface area contributed by atoms with Crippen molar-refractivity contribution in [3.63, 3.8) is 0 Å². The Kier molecular flexibility index (Phi) is 5.92. The third-order valence-corrected chi connectivity index (χ3v) is 6.51. The molecule has 0 bridgehead atoms. The van der Waals surface area contributed by atoms with Crippen molar-refractivity contribution >= 4 is 17.7 Å². The summed E-state index contributed by atoms with van der Waals surface area (Å²) >= 11 is 1.27. The van der Waals surface area contributed by atoms with Gasteiger partial charge in [-0.3, -0.25) is 9.36 Å². The van der Waals surface area contributed by atoms with Crippen molar-refractivity contribution in [1.29, 1.82) is 0 Å². The minimum Gasteiger partial charge on any atom is -0.352 e. The summed E-state index contributed by atoms with van der Waals surface area (Å²) in [6.45, 7) is 0. The molecule has 1 aromatic heterocycles. The van der Waals surface area contributed by atoms with Gasteiger partial charge in [-0.15, -0.1) is 10.2 Å². The van der Waals surface area contributed by atoms with Crippen LogP contribution in [0, 0.1) is 11.6 Å². The van der Waals surface area contributed by atoms with Gasteiger partial charge in [-0.25, -0.2) is 8.78 Å². The average Bonchev–Trinajstić information content (AvgIpc) is 3.55. The maximum absolute atomic E-state index is 13.6.